The molecule has 34 heavy (non-hydrogen) atoms. The number of benzene rings is 2. The van der Waals surface area contributed by atoms with Crippen molar-refractivity contribution in [2.75, 3.05) is 19.1 Å². The van der Waals surface area contributed by atoms with E-state index < -0.39 is 0 Å². The Morgan fingerprint density at radius 1 is 0.941 bits per heavy atom. The molecule has 1 aliphatic heterocycles. The van der Waals surface area contributed by atoms with Crippen LogP contribution in [0.1, 0.15) is 23.5 Å². The molecule has 1 N–H and O–H groups in total. The summed E-state index contributed by atoms with van der Waals surface area (Å²) >= 11 is 5.82. The fourth-order valence-corrected chi connectivity index (χ4v) is 4.74. The predicted molar refractivity (Wildman–Crippen MR) is 133 cm³/mol. The molecular formula is C26H23FN4O2S. The molecule has 1 aliphatic rings. The monoisotopic (exact) mass is 474 g/mol. The van der Waals surface area contributed by atoms with E-state index in [1.54, 1.807) is 32.5 Å². The second kappa shape index (κ2) is 9.15. The summed E-state index contributed by atoms with van der Waals surface area (Å²) < 4.78 is 27.7. The third-order valence-electron chi connectivity index (χ3n) is 5.94. The van der Waals surface area contributed by atoms with Crippen molar-refractivity contribution in [2.45, 2.75) is 12.1 Å². The van der Waals surface area contributed by atoms with Crippen LogP contribution in [-0.4, -0.2) is 28.9 Å². The van der Waals surface area contributed by atoms with Gasteiger partial charge in [-0.15, -0.1) is 0 Å². The number of halogens is 1. The van der Waals surface area contributed by atoms with Crippen molar-refractivity contribution >= 4 is 23.0 Å². The first-order chi connectivity index (χ1) is 16.6. The molecule has 0 bridgehead atoms. The molecule has 6 nitrogen and oxygen atoms in total. The number of hydrogen-bond acceptors (Lipinski definition) is 4. The van der Waals surface area contributed by atoms with Crippen molar-refractivity contribution in [2.24, 2.45) is 0 Å². The van der Waals surface area contributed by atoms with Crippen LogP contribution in [0.5, 0.6) is 11.5 Å². The van der Waals surface area contributed by atoms with Crippen LogP contribution in [0.3, 0.4) is 0 Å². The number of thiocarbonyl (C=S) groups is 1. The van der Waals surface area contributed by atoms with Crippen molar-refractivity contribution in [1.82, 2.24) is 14.9 Å². The zero-order chi connectivity index (χ0) is 23.7. The summed E-state index contributed by atoms with van der Waals surface area (Å²) in [7, 11) is 3.22. The van der Waals surface area contributed by atoms with Gasteiger partial charge in [-0.2, -0.15) is 0 Å². The van der Waals surface area contributed by atoms with Crippen LogP contribution in [0, 0.1) is 5.82 Å². The largest absolute Gasteiger partial charge is 0.497 e. The molecule has 0 unspecified atom stereocenters. The summed E-state index contributed by atoms with van der Waals surface area (Å²) in [5, 5.41) is 3.95. The number of nitrogens with one attached hydrogen (secondary N) is 1. The van der Waals surface area contributed by atoms with Crippen molar-refractivity contribution in [3.05, 3.63) is 102 Å². The first-order valence-corrected chi connectivity index (χ1v) is 11.2. The lowest BCUT2D eigenvalue weighted by Crippen LogP contribution is -2.30. The average Bonchev–Trinajstić information content (AvgIpc) is 3.48. The predicted octanol–water partition coefficient (Wildman–Crippen LogP) is 5.21. The number of ether oxygens (including phenoxy) is 2. The zero-order valence-corrected chi connectivity index (χ0v) is 19.5. The van der Waals surface area contributed by atoms with Gasteiger partial charge in [-0.25, -0.2) is 4.39 Å². The summed E-state index contributed by atoms with van der Waals surface area (Å²) in [6.07, 6.45) is 3.61. The summed E-state index contributed by atoms with van der Waals surface area (Å²) in [5.41, 5.74) is 2.91. The van der Waals surface area contributed by atoms with Crippen LogP contribution in [0.15, 0.2) is 85.2 Å². The molecule has 3 heterocycles. The fourth-order valence-electron chi connectivity index (χ4n) is 4.40. The van der Waals surface area contributed by atoms with Gasteiger partial charge in [0.2, 0.25) is 0 Å². The number of anilines is 1. The molecule has 1 saturated heterocycles. The first-order valence-electron chi connectivity index (χ1n) is 10.8. The lowest BCUT2D eigenvalue weighted by atomic mass is 10.0. The topological polar surface area (TPSA) is 51.5 Å². The van der Waals surface area contributed by atoms with Gasteiger partial charge in [0, 0.05) is 24.2 Å². The molecule has 0 aliphatic carbocycles. The second-order valence-corrected chi connectivity index (χ2v) is 8.18. The van der Waals surface area contributed by atoms with Gasteiger partial charge in [0.05, 0.1) is 37.3 Å². The van der Waals surface area contributed by atoms with E-state index in [-0.39, 0.29) is 17.9 Å². The molecule has 0 saturated carbocycles. The molecule has 0 radical (unpaired) electrons. The second-order valence-electron chi connectivity index (χ2n) is 7.79. The number of nitrogens with zero attached hydrogens (tertiary/aromatic N) is 3. The highest BCUT2D eigenvalue weighted by atomic mass is 32.1. The Kier molecular flexibility index (Phi) is 5.90. The van der Waals surface area contributed by atoms with Crippen LogP contribution in [0.25, 0.3) is 5.69 Å². The van der Waals surface area contributed by atoms with E-state index in [1.807, 2.05) is 70.3 Å². The number of pyridine rings is 1. The summed E-state index contributed by atoms with van der Waals surface area (Å²) in [6, 6.07) is 21.3. The minimum Gasteiger partial charge on any atom is -0.497 e. The molecule has 2 aromatic carbocycles. The van der Waals surface area contributed by atoms with Gasteiger partial charge >= 0.3 is 0 Å². The van der Waals surface area contributed by atoms with Gasteiger partial charge in [-0.05, 0) is 60.7 Å². The molecule has 2 atom stereocenters. The van der Waals surface area contributed by atoms with Crippen molar-refractivity contribution in [3.8, 4) is 17.2 Å². The highest BCUT2D eigenvalue weighted by Crippen LogP contribution is 2.45. The maximum absolute atomic E-state index is 14.8. The number of methoxy groups -OCH3 is 2. The lowest BCUT2D eigenvalue weighted by molar-refractivity contribution is 0.394. The van der Waals surface area contributed by atoms with Gasteiger partial charge in [-0.3, -0.25) is 4.98 Å². The maximum atomic E-state index is 14.8. The minimum absolute atomic E-state index is 0.277. The van der Waals surface area contributed by atoms with E-state index in [0.717, 1.165) is 17.1 Å². The molecule has 0 spiro atoms. The number of rotatable bonds is 6. The van der Waals surface area contributed by atoms with Crippen molar-refractivity contribution in [1.29, 1.82) is 0 Å². The fraction of sp³-hybridized carbons (Fsp3) is 0.154. The van der Waals surface area contributed by atoms with E-state index >= 15 is 0 Å². The van der Waals surface area contributed by atoms with Gasteiger partial charge < -0.3 is 24.3 Å². The normalized spacial score (nSPS) is 17.5. The standard InChI is InChI=1S/C26H23FN4O2S/c1-32-17-12-13-21(23(16-17)33-2)31-25(24(29-26(31)34)19-9-5-6-14-28-19)22-11-7-15-30(22)20-10-4-3-8-18(20)27/h3-16,24-25H,1-2H3,(H,29,34)/t24-,25+/m1/s1. The number of hydrogen-bond donors (Lipinski definition) is 1. The van der Waals surface area contributed by atoms with Crippen LogP contribution >= 0.6 is 12.2 Å². The Morgan fingerprint density at radius 3 is 2.50 bits per heavy atom. The van der Waals surface area contributed by atoms with Crippen molar-refractivity contribution < 1.29 is 13.9 Å². The molecule has 2 aromatic heterocycles. The Labute approximate surface area is 202 Å². The summed E-state index contributed by atoms with van der Waals surface area (Å²) in [6.45, 7) is 0. The summed E-state index contributed by atoms with van der Waals surface area (Å²) in [5.74, 6) is 0.974. The third kappa shape index (κ3) is 3.76. The Balaban J connectivity index is 1.70. The van der Waals surface area contributed by atoms with Crippen LogP contribution in [0.4, 0.5) is 10.1 Å². The Morgan fingerprint density at radius 2 is 1.76 bits per heavy atom. The average molecular weight is 475 g/mol. The number of aromatic nitrogens is 2. The van der Waals surface area contributed by atoms with E-state index in [1.165, 1.54) is 6.07 Å². The minimum atomic E-state index is -0.334. The van der Waals surface area contributed by atoms with E-state index in [4.69, 9.17) is 21.7 Å². The van der Waals surface area contributed by atoms with Gasteiger partial charge in [0.25, 0.3) is 0 Å². The molecule has 0 amide bonds. The van der Waals surface area contributed by atoms with E-state index in [9.17, 15) is 4.39 Å². The highest BCUT2D eigenvalue weighted by molar-refractivity contribution is 7.80. The van der Waals surface area contributed by atoms with Crippen LogP contribution in [0.2, 0.25) is 0 Å². The smallest absolute Gasteiger partial charge is 0.174 e. The highest BCUT2D eigenvalue weighted by Gasteiger charge is 2.43. The zero-order valence-electron chi connectivity index (χ0n) is 18.7. The Hall–Kier alpha value is -3.91. The lowest BCUT2D eigenvalue weighted by Gasteiger charge is -2.30. The molecule has 172 valence electrons. The van der Waals surface area contributed by atoms with E-state index in [2.05, 4.69) is 10.3 Å². The van der Waals surface area contributed by atoms with Gasteiger partial charge in [-0.1, -0.05) is 18.2 Å². The van der Waals surface area contributed by atoms with Crippen LogP contribution < -0.4 is 19.7 Å². The molecule has 5 rings (SSSR count). The van der Waals surface area contributed by atoms with E-state index in [0.29, 0.717) is 22.3 Å². The molecule has 8 heteroatoms. The third-order valence-corrected chi connectivity index (χ3v) is 6.25. The molecular weight excluding hydrogens is 451 g/mol. The quantitative estimate of drug-likeness (QED) is 0.388. The van der Waals surface area contributed by atoms with Crippen LogP contribution in [-0.2, 0) is 0 Å². The summed E-state index contributed by atoms with van der Waals surface area (Å²) in [4.78, 5) is 6.59. The van der Waals surface area contributed by atoms with Gasteiger partial charge in [0.1, 0.15) is 23.4 Å². The SMILES string of the molecule is COc1ccc(N2C(=S)N[C@H](c3ccccn3)[C@@H]2c2cccn2-c2ccccc2F)c(OC)c1. The van der Waals surface area contributed by atoms with Crippen molar-refractivity contribution in [3.63, 3.8) is 0 Å². The Bertz CT molecular complexity index is 1330. The molecule has 1 fully saturated rings. The number of para-hydroxylation sites is 1. The maximum Gasteiger partial charge on any atom is 0.174 e. The molecule has 4 aromatic rings. The first kappa shape index (κ1) is 21.9. The van der Waals surface area contributed by atoms with Gasteiger partial charge in [0.15, 0.2) is 5.11 Å².